The number of rotatable bonds is 2. The Morgan fingerprint density at radius 2 is 2.26 bits per heavy atom. The van der Waals surface area contributed by atoms with Crippen LogP contribution in [0.3, 0.4) is 0 Å². The molecule has 1 atom stereocenters. The fourth-order valence-corrected chi connectivity index (χ4v) is 3.30. The summed E-state index contributed by atoms with van der Waals surface area (Å²) in [7, 11) is 0. The lowest BCUT2D eigenvalue weighted by Gasteiger charge is -2.32. The van der Waals surface area contributed by atoms with E-state index in [0.29, 0.717) is 5.92 Å². The van der Waals surface area contributed by atoms with Gasteiger partial charge in [-0.3, -0.25) is 4.79 Å². The molecule has 0 N–H and O–H groups in total. The molecule has 0 unspecified atom stereocenters. The molecule has 0 aromatic carbocycles. The Morgan fingerprint density at radius 3 is 3.11 bits per heavy atom. The largest absolute Gasteiger partial charge is 0.338 e. The molecule has 1 aromatic heterocycles. The highest BCUT2D eigenvalue weighted by atomic mass is 16.2. The number of carbonyl (C=O) groups is 1. The molecule has 3 heterocycles. The van der Waals surface area contributed by atoms with E-state index in [2.05, 4.69) is 16.1 Å². The number of hydrogen-bond donors (Lipinski definition) is 0. The molecule has 0 spiro atoms. The number of aryl methyl sites for hydroxylation is 1. The molecule has 4 heteroatoms. The van der Waals surface area contributed by atoms with Gasteiger partial charge in [0.05, 0.1) is 0 Å². The van der Waals surface area contributed by atoms with Gasteiger partial charge in [-0.1, -0.05) is 6.58 Å². The lowest BCUT2D eigenvalue weighted by Crippen LogP contribution is -2.39. The highest BCUT2D eigenvalue weighted by Gasteiger charge is 2.27. The molecule has 0 saturated carbocycles. The summed E-state index contributed by atoms with van der Waals surface area (Å²) in [5.41, 5.74) is 1.37. The van der Waals surface area contributed by atoms with E-state index in [4.69, 9.17) is 0 Å². The third-order valence-corrected chi connectivity index (χ3v) is 4.31. The molecular formula is C15H21N3O. The summed E-state index contributed by atoms with van der Waals surface area (Å²) in [6.07, 6.45) is 9.32. The Bertz CT molecular complexity index is 492. The molecule has 2 aliphatic rings. The van der Waals surface area contributed by atoms with Crippen LogP contribution in [0.25, 0.3) is 0 Å². The quantitative estimate of drug-likeness (QED) is 0.763. The fraction of sp³-hybridized carbons (Fsp3) is 0.600. The van der Waals surface area contributed by atoms with Crippen LogP contribution < -0.4 is 0 Å². The van der Waals surface area contributed by atoms with Gasteiger partial charge in [0, 0.05) is 37.4 Å². The zero-order valence-electron chi connectivity index (χ0n) is 11.3. The first-order chi connectivity index (χ1) is 9.29. The highest BCUT2D eigenvalue weighted by molar-refractivity contribution is 5.87. The maximum Gasteiger partial charge on any atom is 0.245 e. The van der Waals surface area contributed by atoms with Crippen molar-refractivity contribution < 1.29 is 4.79 Å². The van der Waals surface area contributed by atoms with E-state index in [9.17, 15) is 4.79 Å². The number of hydrogen-bond acceptors (Lipinski definition) is 2. The van der Waals surface area contributed by atoms with Crippen molar-refractivity contribution in [2.75, 3.05) is 13.1 Å². The number of aromatic nitrogens is 2. The fourth-order valence-electron chi connectivity index (χ4n) is 3.30. The Hall–Kier alpha value is -1.58. The maximum atomic E-state index is 11.8. The van der Waals surface area contributed by atoms with E-state index in [0.717, 1.165) is 38.9 Å². The second kappa shape index (κ2) is 5.19. The molecule has 1 amide bonds. The minimum atomic E-state index is 0.0510. The van der Waals surface area contributed by atoms with Crippen molar-refractivity contribution in [3.8, 4) is 0 Å². The normalized spacial score (nSPS) is 22.9. The highest BCUT2D eigenvalue weighted by Crippen LogP contribution is 2.29. The summed E-state index contributed by atoms with van der Waals surface area (Å²) < 4.78 is 2.38. The molecule has 2 aliphatic heterocycles. The summed E-state index contributed by atoms with van der Waals surface area (Å²) in [5, 5.41) is 0. The van der Waals surface area contributed by atoms with Gasteiger partial charge in [-0.2, -0.15) is 0 Å². The van der Waals surface area contributed by atoms with E-state index in [-0.39, 0.29) is 5.91 Å². The molecule has 0 aliphatic carbocycles. The van der Waals surface area contributed by atoms with Crippen LogP contribution >= 0.6 is 0 Å². The molecule has 19 heavy (non-hydrogen) atoms. The van der Waals surface area contributed by atoms with Crippen molar-refractivity contribution >= 4 is 5.91 Å². The van der Waals surface area contributed by atoms with Gasteiger partial charge in [-0.25, -0.2) is 4.98 Å². The van der Waals surface area contributed by atoms with Gasteiger partial charge in [0.1, 0.15) is 5.82 Å². The monoisotopic (exact) mass is 259 g/mol. The van der Waals surface area contributed by atoms with Crippen LogP contribution in [0, 0.1) is 0 Å². The smallest absolute Gasteiger partial charge is 0.245 e. The number of likely N-dealkylation sites (tertiary alicyclic amines) is 1. The average molecular weight is 259 g/mol. The van der Waals surface area contributed by atoms with Gasteiger partial charge in [-0.15, -0.1) is 0 Å². The van der Waals surface area contributed by atoms with Crippen molar-refractivity contribution in [2.45, 2.75) is 44.6 Å². The topological polar surface area (TPSA) is 38.1 Å². The van der Waals surface area contributed by atoms with Crippen LogP contribution in [0.4, 0.5) is 0 Å². The SMILES string of the molecule is C=CC(=O)N1CCC[C@H](c2ncc3n2CCCC3)C1. The summed E-state index contributed by atoms with van der Waals surface area (Å²) in [6.45, 7) is 6.32. The third kappa shape index (κ3) is 2.31. The van der Waals surface area contributed by atoms with E-state index in [1.54, 1.807) is 0 Å². The summed E-state index contributed by atoms with van der Waals surface area (Å²) in [4.78, 5) is 18.3. The van der Waals surface area contributed by atoms with Crippen LogP contribution in [0.1, 0.15) is 43.1 Å². The number of imidazole rings is 1. The number of carbonyl (C=O) groups excluding carboxylic acids is 1. The first kappa shape index (κ1) is 12.5. The Kier molecular flexibility index (Phi) is 3.40. The van der Waals surface area contributed by atoms with Crippen molar-refractivity contribution in [2.24, 2.45) is 0 Å². The molecular weight excluding hydrogens is 238 g/mol. The summed E-state index contributed by atoms with van der Waals surface area (Å²) in [6, 6.07) is 0. The van der Waals surface area contributed by atoms with Gasteiger partial charge < -0.3 is 9.47 Å². The maximum absolute atomic E-state index is 11.8. The predicted molar refractivity (Wildman–Crippen MR) is 73.9 cm³/mol. The van der Waals surface area contributed by atoms with Gasteiger partial charge >= 0.3 is 0 Å². The van der Waals surface area contributed by atoms with Crippen molar-refractivity contribution in [1.29, 1.82) is 0 Å². The summed E-state index contributed by atoms with van der Waals surface area (Å²) >= 11 is 0. The first-order valence-electron chi connectivity index (χ1n) is 7.25. The van der Waals surface area contributed by atoms with Crippen LogP contribution in [0.15, 0.2) is 18.9 Å². The van der Waals surface area contributed by atoms with E-state index in [1.165, 1.54) is 30.4 Å². The Balaban J connectivity index is 1.80. The summed E-state index contributed by atoms with van der Waals surface area (Å²) in [5.74, 6) is 1.64. The van der Waals surface area contributed by atoms with E-state index < -0.39 is 0 Å². The van der Waals surface area contributed by atoms with Gasteiger partial charge in [0.15, 0.2) is 0 Å². The van der Waals surface area contributed by atoms with E-state index >= 15 is 0 Å². The molecule has 102 valence electrons. The molecule has 1 saturated heterocycles. The Morgan fingerprint density at radius 1 is 1.37 bits per heavy atom. The van der Waals surface area contributed by atoms with Gasteiger partial charge in [0.2, 0.25) is 5.91 Å². The minimum absolute atomic E-state index is 0.0510. The molecule has 3 rings (SSSR count). The van der Waals surface area contributed by atoms with Crippen molar-refractivity contribution in [3.63, 3.8) is 0 Å². The van der Waals surface area contributed by atoms with E-state index in [1.807, 2.05) is 11.1 Å². The van der Waals surface area contributed by atoms with Crippen molar-refractivity contribution in [1.82, 2.24) is 14.5 Å². The molecule has 1 fully saturated rings. The predicted octanol–water partition coefficient (Wildman–Crippen LogP) is 2.11. The average Bonchev–Trinajstić information content (AvgIpc) is 2.90. The number of nitrogens with zero attached hydrogens (tertiary/aromatic N) is 3. The number of piperidine rings is 1. The second-order valence-corrected chi connectivity index (χ2v) is 5.54. The minimum Gasteiger partial charge on any atom is -0.338 e. The van der Waals surface area contributed by atoms with Crippen LogP contribution in [0.2, 0.25) is 0 Å². The zero-order valence-corrected chi connectivity index (χ0v) is 11.3. The van der Waals surface area contributed by atoms with Crippen LogP contribution in [0.5, 0.6) is 0 Å². The number of fused-ring (bicyclic) bond motifs is 1. The van der Waals surface area contributed by atoms with Gasteiger partial charge in [0.25, 0.3) is 0 Å². The molecule has 4 nitrogen and oxygen atoms in total. The molecule has 0 radical (unpaired) electrons. The van der Waals surface area contributed by atoms with Crippen LogP contribution in [-0.2, 0) is 17.8 Å². The molecule has 1 aromatic rings. The standard InChI is InChI=1S/C15H21N3O/c1-2-14(19)17-8-5-6-12(11-17)15-16-10-13-7-3-4-9-18(13)15/h2,10,12H,1,3-9,11H2/t12-/m0/s1. The van der Waals surface area contributed by atoms with Crippen molar-refractivity contribution in [3.05, 3.63) is 30.4 Å². The first-order valence-corrected chi connectivity index (χ1v) is 7.25. The number of amides is 1. The molecule has 0 bridgehead atoms. The lowest BCUT2D eigenvalue weighted by molar-refractivity contribution is -0.127. The zero-order chi connectivity index (χ0) is 13.2. The third-order valence-electron chi connectivity index (χ3n) is 4.31. The van der Waals surface area contributed by atoms with Gasteiger partial charge in [-0.05, 0) is 38.2 Å². The lowest BCUT2D eigenvalue weighted by atomic mass is 9.96. The Labute approximate surface area is 114 Å². The van der Waals surface area contributed by atoms with Crippen LogP contribution in [-0.4, -0.2) is 33.4 Å². The second-order valence-electron chi connectivity index (χ2n) is 5.54.